The minimum Gasteiger partial charge on any atom is -0.447 e. The highest BCUT2D eigenvalue weighted by Crippen LogP contribution is 2.16. The number of carbonyl (C=O) groups is 1. The molecule has 0 saturated carbocycles. The zero-order valence-corrected chi connectivity index (χ0v) is 8.02. The largest absolute Gasteiger partial charge is 0.447 e. The Morgan fingerprint density at radius 1 is 1.40 bits per heavy atom. The SMILES string of the molecule is O=C1OCCN1/C(F)=C\c1ccccc1. The maximum atomic E-state index is 13.5. The second kappa shape index (κ2) is 4.13. The molecular formula is C11H10FNO2. The summed E-state index contributed by atoms with van der Waals surface area (Å²) in [5.41, 5.74) is 0.717. The Bertz CT molecular complexity index is 389. The Hall–Kier alpha value is -1.84. The number of halogens is 1. The lowest BCUT2D eigenvalue weighted by Gasteiger charge is -2.08. The number of benzene rings is 1. The fraction of sp³-hybridized carbons (Fsp3) is 0.182. The highest BCUT2D eigenvalue weighted by molar-refractivity contribution is 5.73. The van der Waals surface area contributed by atoms with E-state index in [1.807, 2.05) is 6.07 Å². The van der Waals surface area contributed by atoms with E-state index in [1.165, 1.54) is 6.08 Å². The van der Waals surface area contributed by atoms with Crippen molar-refractivity contribution in [3.8, 4) is 0 Å². The maximum Gasteiger partial charge on any atom is 0.416 e. The van der Waals surface area contributed by atoms with E-state index in [0.717, 1.165) is 10.5 Å². The zero-order valence-electron chi connectivity index (χ0n) is 8.02. The molecule has 4 heteroatoms. The van der Waals surface area contributed by atoms with E-state index in [2.05, 4.69) is 4.74 Å². The number of hydrogen-bond acceptors (Lipinski definition) is 2. The van der Waals surface area contributed by atoms with E-state index in [9.17, 15) is 9.18 Å². The van der Waals surface area contributed by atoms with Crippen molar-refractivity contribution in [2.75, 3.05) is 13.2 Å². The second-order valence-electron chi connectivity index (χ2n) is 3.14. The molecule has 15 heavy (non-hydrogen) atoms. The lowest BCUT2D eigenvalue weighted by molar-refractivity contribution is 0.160. The van der Waals surface area contributed by atoms with Crippen LogP contribution in [-0.2, 0) is 4.74 Å². The van der Waals surface area contributed by atoms with Gasteiger partial charge in [-0.05, 0) is 11.6 Å². The number of cyclic esters (lactones) is 1. The predicted molar refractivity (Wildman–Crippen MR) is 53.6 cm³/mol. The van der Waals surface area contributed by atoms with E-state index in [4.69, 9.17) is 0 Å². The van der Waals surface area contributed by atoms with Crippen molar-refractivity contribution in [3.05, 3.63) is 41.8 Å². The highest BCUT2D eigenvalue weighted by atomic mass is 19.1. The molecular weight excluding hydrogens is 197 g/mol. The third-order valence-corrected chi connectivity index (χ3v) is 2.10. The van der Waals surface area contributed by atoms with Crippen molar-refractivity contribution in [1.29, 1.82) is 0 Å². The molecule has 0 bridgehead atoms. The van der Waals surface area contributed by atoms with Gasteiger partial charge < -0.3 is 4.74 Å². The molecule has 0 radical (unpaired) electrons. The Kier molecular flexibility index (Phi) is 2.67. The summed E-state index contributed by atoms with van der Waals surface area (Å²) in [5.74, 6) is -0.580. The van der Waals surface area contributed by atoms with Crippen molar-refractivity contribution in [2.24, 2.45) is 0 Å². The van der Waals surface area contributed by atoms with Gasteiger partial charge in [0.05, 0.1) is 6.54 Å². The van der Waals surface area contributed by atoms with Crippen LogP contribution >= 0.6 is 0 Å². The van der Waals surface area contributed by atoms with Gasteiger partial charge in [0.1, 0.15) is 6.61 Å². The zero-order chi connectivity index (χ0) is 10.7. The highest BCUT2D eigenvalue weighted by Gasteiger charge is 2.25. The van der Waals surface area contributed by atoms with Crippen LogP contribution in [0.3, 0.4) is 0 Å². The van der Waals surface area contributed by atoms with Crippen LogP contribution in [-0.4, -0.2) is 24.1 Å². The summed E-state index contributed by atoms with van der Waals surface area (Å²) in [6.07, 6.45) is 0.687. The molecule has 0 spiro atoms. The van der Waals surface area contributed by atoms with E-state index >= 15 is 0 Å². The molecule has 0 N–H and O–H groups in total. The van der Waals surface area contributed by atoms with E-state index in [0.29, 0.717) is 0 Å². The van der Waals surface area contributed by atoms with Crippen molar-refractivity contribution in [3.63, 3.8) is 0 Å². The quantitative estimate of drug-likeness (QED) is 0.697. The van der Waals surface area contributed by atoms with Crippen LogP contribution in [0.1, 0.15) is 5.56 Å². The molecule has 3 nitrogen and oxygen atoms in total. The van der Waals surface area contributed by atoms with Gasteiger partial charge in [0, 0.05) is 0 Å². The van der Waals surface area contributed by atoms with Gasteiger partial charge in [-0.3, -0.25) is 0 Å². The van der Waals surface area contributed by atoms with Crippen LogP contribution in [0.25, 0.3) is 6.08 Å². The molecule has 1 heterocycles. The van der Waals surface area contributed by atoms with Crippen LogP contribution in [0, 0.1) is 0 Å². The fourth-order valence-corrected chi connectivity index (χ4v) is 1.35. The third-order valence-electron chi connectivity index (χ3n) is 2.10. The molecule has 1 amide bonds. The minimum atomic E-state index is -0.625. The van der Waals surface area contributed by atoms with Gasteiger partial charge in [0.2, 0.25) is 0 Å². The molecule has 0 unspecified atom stereocenters. The summed E-state index contributed by atoms with van der Waals surface area (Å²) in [6.45, 7) is 0.517. The predicted octanol–water partition coefficient (Wildman–Crippen LogP) is 2.41. The average Bonchev–Trinajstić information content (AvgIpc) is 2.66. The van der Waals surface area contributed by atoms with Gasteiger partial charge in [0.25, 0.3) is 0 Å². The summed E-state index contributed by atoms with van der Waals surface area (Å²) in [5, 5.41) is 0. The third kappa shape index (κ3) is 2.15. The number of rotatable bonds is 2. The molecule has 1 aromatic carbocycles. The summed E-state index contributed by atoms with van der Waals surface area (Å²) >= 11 is 0. The van der Waals surface area contributed by atoms with Crippen molar-refractivity contribution >= 4 is 12.2 Å². The molecule has 78 valence electrons. The van der Waals surface area contributed by atoms with Crippen LogP contribution in [0.2, 0.25) is 0 Å². The molecule has 1 aliphatic heterocycles. The molecule has 1 aliphatic rings. The van der Waals surface area contributed by atoms with Crippen LogP contribution in [0.15, 0.2) is 36.3 Å². The monoisotopic (exact) mass is 207 g/mol. The van der Waals surface area contributed by atoms with Crippen LogP contribution in [0.4, 0.5) is 9.18 Å². The number of hydrogen-bond donors (Lipinski definition) is 0. The Morgan fingerprint density at radius 2 is 2.13 bits per heavy atom. The van der Waals surface area contributed by atoms with Gasteiger partial charge in [0.15, 0.2) is 5.95 Å². The number of nitrogens with zero attached hydrogens (tertiary/aromatic N) is 1. The van der Waals surface area contributed by atoms with Gasteiger partial charge in [-0.1, -0.05) is 30.3 Å². The molecule has 1 aromatic rings. The normalized spacial score (nSPS) is 16.7. The lowest BCUT2D eigenvalue weighted by Crippen LogP contribution is -2.21. The Morgan fingerprint density at radius 3 is 2.73 bits per heavy atom. The Balaban J connectivity index is 2.17. The molecule has 1 saturated heterocycles. The standard InChI is InChI=1S/C11H10FNO2/c12-10(13-6-7-15-11(13)14)8-9-4-2-1-3-5-9/h1-5,8H,6-7H2/b10-8-. The smallest absolute Gasteiger partial charge is 0.416 e. The Labute approximate surface area is 86.8 Å². The summed E-state index contributed by atoms with van der Waals surface area (Å²) in [4.78, 5) is 12.0. The van der Waals surface area contributed by atoms with Crippen LogP contribution in [0.5, 0.6) is 0 Å². The molecule has 0 aromatic heterocycles. The first-order valence-electron chi connectivity index (χ1n) is 4.64. The molecule has 2 rings (SSSR count). The van der Waals surface area contributed by atoms with E-state index < -0.39 is 12.0 Å². The molecule has 0 aliphatic carbocycles. The summed E-state index contributed by atoms with van der Waals surface area (Å²) in [6, 6.07) is 8.99. The summed E-state index contributed by atoms with van der Waals surface area (Å²) in [7, 11) is 0. The minimum absolute atomic E-state index is 0.245. The maximum absolute atomic E-state index is 13.5. The molecule has 0 atom stereocenters. The number of amides is 1. The average molecular weight is 207 g/mol. The first kappa shape index (κ1) is 9.71. The first-order chi connectivity index (χ1) is 7.27. The second-order valence-corrected chi connectivity index (χ2v) is 3.14. The number of carbonyl (C=O) groups excluding carboxylic acids is 1. The van der Waals surface area contributed by atoms with E-state index in [1.54, 1.807) is 24.3 Å². The van der Waals surface area contributed by atoms with Crippen molar-refractivity contribution in [1.82, 2.24) is 4.90 Å². The van der Waals surface area contributed by atoms with Gasteiger partial charge >= 0.3 is 6.09 Å². The lowest BCUT2D eigenvalue weighted by atomic mass is 10.2. The first-order valence-corrected chi connectivity index (χ1v) is 4.64. The molecule has 1 fully saturated rings. The topological polar surface area (TPSA) is 29.5 Å². The van der Waals surface area contributed by atoms with Gasteiger partial charge in [-0.2, -0.15) is 4.39 Å². The van der Waals surface area contributed by atoms with Gasteiger partial charge in [-0.25, -0.2) is 9.69 Å². The van der Waals surface area contributed by atoms with Crippen LogP contribution < -0.4 is 0 Å². The van der Waals surface area contributed by atoms with Crippen molar-refractivity contribution in [2.45, 2.75) is 0 Å². The van der Waals surface area contributed by atoms with Gasteiger partial charge in [-0.15, -0.1) is 0 Å². The van der Waals surface area contributed by atoms with Crippen molar-refractivity contribution < 1.29 is 13.9 Å². The van der Waals surface area contributed by atoms with E-state index in [-0.39, 0.29) is 13.2 Å². The summed E-state index contributed by atoms with van der Waals surface area (Å²) < 4.78 is 18.2. The number of ether oxygens (including phenoxy) is 1. The fourth-order valence-electron chi connectivity index (χ4n) is 1.35.